The van der Waals surface area contributed by atoms with Crippen molar-refractivity contribution in [1.82, 2.24) is 25.1 Å². The summed E-state index contributed by atoms with van der Waals surface area (Å²) in [6.07, 6.45) is 3.14. The second kappa shape index (κ2) is 5.57. The standard InChI is InChI=1S/C12H13N7O2/c20-19(21)8-3-4-9-10(6-8)17-12(16-9)13-5-1-2-11-14-7-15-18-11/h3-4,6-7H,1-2,5H2,(H2,13,16,17)(H,14,15,18). The number of aromatic nitrogens is 5. The molecule has 0 aliphatic carbocycles. The Hall–Kier alpha value is -2.97. The molecule has 3 N–H and O–H groups in total. The van der Waals surface area contributed by atoms with Crippen molar-refractivity contribution in [2.24, 2.45) is 0 Å². The Morgan fingerprint density at radius 3 is 3.05 bits per heavy atom. The van der Waals surface area contributed by atoms with E-state index in [1.54, 1.807) is 6.07 Å². The second-order valence-electron chi connectivity index (χ2n) is 4.51. The van der Waals surface area contributed by atoms with Gasteiger partial charge in [0.15, 0.2) is 0 Å². The van der Waals surface area contributed by atoms with Crippen molar-refractivity contribution in [2.45, 2.75) is 12.8 Å². The number of rotatable bonds is 6. The van der Waals surface area contributed by atoms with Crippen molar-refractivity contribution >= 4 is 22.7 Å². The molecule has 0 fully saturated rings. The predicted molar refractivity (Wildman–Crippen MR) is 75.9 cm³/mol. The molecule has 2 aromatic heterocycles. The van der Waals surface area contributed by atoms with E-state index < -0.39 is 4.92 Å². The number of hydrogen-bond donors (Lipinski definition) is 3. The lowest BCUT2D eigenvalue weighted by atomic mass is 10.3. The Balaban J connectivity index is 1.60. The smallest absolute Gasteiger partial charge is 0.271 e. The molecular formula is C12H13N7O2. The highest BCUT2D eigenvalue weighted by Gasteiger charge is 2.09. The van der Waals surface area contributed by atoms with Crippen LogP contribution in [0.2, 0.25) is 0 Å². The van der Waals surface area contributed by atoms with Gasteiger partial charge in [0.25, 0.3) is 5.69 Å². The summed E-state index contributed by atoms with van der Waals surface area (Å²) in [7, 11) is 0. The number of aryl methyl sites for hydroxylation is 1. The zero-order valence-corrected chi connectivity index (χ0v) is 11.0. The normalized spacial score (nSPS) is 10.9. The van der Waals surface area contributed by atoms with Gasteiger partial charge in [0.05, 0.1) is 16.0 Å². The monoisotopic (exact) mass is 287 g/mol. The molecule has 21 heavy (non-hydrogen) atoms. The maximum Gasteiger partial charge on any atom is 0.271 e. The van der Waals surface area contributed by atoms with E-state index >= 15 is 0 Å². The van der Waals surface area contributed by atoms with Crippen LogP contribution < -0.4 is 5.32 Å². The number of fused-ring (bicyclic) bond motifs is 1. The summed E-state index contributed by atoms with van der Waals surface area (Å²) in [5.41, 5.74) is 1.38. The SMILES string of the molecule is O=[N+]([O-])c1ccc2nc(NCCCc3ncn[nH]3)[nH]c2c1. The van der Waals surface area contributed by atoms with Crippen LogP contribution in [0.1, 0.15) is 12.2 Å². The van der Waals surface area contributed by atoms with E-state index in [9.17, 15) is 10.1 Å². The number of non-ortho nitro benzene ring substituents is 1. The number of imidazole rings is 1. The van der Waals surface area contributed by atoms with Gasteiger partial charge in [0.1, 0.15) is 12.2 Å². The Morgan fingerprint density at radius 2 is 2.29 bits per heavy atom. The van der Waals surface area contributed by atoms with Gasteiger partial charge in [0, 0.05) is 25.1 Å². The maximum atomic E-state index is 10.7. The summed E-state index contributed by atoms with van der Waals surface area (Å²) in [5.74, 6) is 1.44. The van der Waals surface area contributed by atoms with Crippen LogP contribution >= 0.6 is 0 Å². The van der Waals surface area contributed by atoms with Gasteiger partial charge >= 0.3 is 0 Å². The molecule has 0 atom stereocenters. The van der Waals surface area contributed by atoms with Crippen molar-refractivity contribution in [1.29, 1.82) is 0 Å². The average Bonchev–Trinajstić information content (AvgIpc) is 3.11. The molecule has 0 bridgehead atoms. The molecule has 1 aromatic carbocycles. The molecule has 3 rings (SSSR count). The number of H-pyrrole nitrogens is 2. The fourth-order valence-electron chi connectivity index (χ4n) is 2.01. The number of anilines is 1. The van der Waals surface area contributed by atoms with Gasteiger partial charge in [-0.3, -0.25) is 15.2 Å². The number of nitrogens with one attached hydrogen (secondary N) is 3. The first-order valence-electron chi connectivity index (χ1n) is 6.44. The van der Waals surface area contributed by atoms with Gasteiger partial charge in [0.2, 0.25) is 5.95 Å². The number of nitro benzene ring substituents is 1. The molecule has 0 radical (unpaired) electrons. The second-order valence-corrected chi connectivity index (χ2v) is 4.51. The number of nitrogens with zero attached hydrogens (tertiary/aromatic N) is 4. The van der Waals surface area contributed by atoms with Crippen molar-refractivity contribution in [3.63, 3.8) is 0 Å². The maximum absolute atomic E-state index is 10.7. The van der Waals surface area contributed by atoms with Gasteiger partial charge in [-0.15, -0.1) is 0 Å². The van der Waals surface area contributed by atoms with Gasteiger partial charge in [-0.05, 0) is 12.5 Å². The molecule has 0 amide bonds. The summed E-state index contributed by atoms with van der Waals surface area (Å²) >= 11 is 0. The van der Waals surface area contributed by atoms with Gasteiger partial charge in [-0.2, -0.15) is 5.10 Å². The Bertz CT molecular complexity index is 750. The zero-order valence-electron chi connectivity index (χ0n) is 11.0. The molecule has 0 aliphatic rings. The summed E-state index contributed by atoms with van der Waals surface area (Å²) in [6.45, 7) is 0.711. The predicted octanol–water partition coefficient (Wildman–Crippen LogP) is 1.63. The molecule has 0 saturated carbocycles. The minimum absolute atomic E-state index is 0.0445. The molecule has 2 heterocycles. The topological polar surface area (TPSA) is 125 Å². The molecule has 0 spiro atoms. The number of benzene rings is 1. The van der Waals surface area contributed by atoms with Crippen LogP contribution in [0.25, 0.3) is 11.0 Å². The minimum Gasteiger partial charge on any atom is -0.356 e. The highest BCUT2D eigenvalue weighted by atomic mass is 16.6. The third kappa shape index (κ3) is 2.96. The highest BCUT2D eigenvalue weighted by molar-refractivity contribution is 5.79. The van der Waals surface area contributed by atoms with E-state index in [0.29, 0.717) is 23.5 Å². The van der Waals surface area contributed by atoms with Gasteiger partial charge in [-0.1, -0.05) is 0 Å². The van der Waals surface area contributed by atoms with Gasteiger partial charge < -0.3 is 10.3 Å². The molecule has 0 aliphatic heterocycles. The van der Waals surface area contributed by atoms with Crippen LogP contribution in [0.5, 0.6) is 0 Å². The van der Waals surface area contributed by atoms with E-state index in [1.807, 2.05) is 0 Å². The highest BCUT2D eigenvalue weighted by Crippen LogP contribution is 2.20. The molecule has 0 unspecified atom stereocenters. The van der Waals surface area contributed by atoms with Crippen LogP contribution in [0, 0.1) is 10.1 Å². The van der Waals surface area contributed by atoms with Crippen LogP contribution in [-0.2, 0) is 6.42 Å². The van der Waals surface area contributed by atoms with Crippen LogP contribution in [0.4, 0.5) is 11.6 Å². The van der Waals surface area contributed by atoms with Crippen molar-refractivity contribution in [3.8, 4) is 0 Å². The van der Waals surface area contributed by atoms with Crippen LogP contribution in [0.15, 0.2) is 24.5 Å². The largest absolute Gasteiger partial charge is 0.356 e. The molecule has 9 heteroatoms. The summed E-state index contributed by atoms with van der Waals surface area (Å²) < 4.78 is 0. The first-order valence-corrected chi connectivity index (χ1v) is 6.44. The average molecular weight is 287 g/mol. The van der Waals surface area contributed by atoms with E-state index in [4.69, 9.17) is 0 Å². The third-order valence-corrected chi connectivity index (χ3v) is 3.02. The summed E-state index contributed by atoms with van der Waals surface area (Å²) in [5, 5.41) is 20.4. The number of hydrogen-bond acceptors (Lipinski definition) is 6. The van der Waals surface area contributed by atoms with Crippen LogP contribution in [-0.4, -0.2) is 36.6 Å². The van der Waals surface area contributed by atoms with E-state index in [2.05, 4.69) is 30.5 Å². The van der Waals surface area contributed by atoms with E-state index in [-0.39, 0.29) is 5.69 Å². The number of aromatic amines is 2. The first kappa shape index (κ1) is 13.0. The van der Waals surface area contributed by atoms with Crippen LogP contribution in [0.3, 0.4) is 0 Å². The number of nitro groups is 1. The van der Waals surface area contributed by atoms with Crippen molar-refractivity contribution in [2.75, 3.05) is 11.9 Å². The third-order valence-electron chi connectivity index (χ3n) is 3.02. The van der Waals surface area contributed by atoms with Gasteiger partial charge in [-0.25, -0.2) is 9.97 Å². The summed E-state index contributed by atoms with van der Waals surface area (Å²) in [4.78, 5) is 21.7. The van der Waals surface area contributed by atoms with Crippen molar-refractivity contribution < 1.29 is 4.92 Å². The lowest BCUT2D eigenvalue weighted by molar-refractivity contribution is -0.384. The van der Waals surface area contributed by atoms with E-state index in [0.717, 1.165) is 18.7 Å². The Labute approximate surface area is 119 Å². The molecule has 108 valence electrons. The summed E-state index contributed by atoms with van der Waals surface area (Å²) in [6, 6.07) is 4.54. The Morgan fingerprint density at radius 1 is 1.38 bits per heavy atom. The molecule has 3 aromatic rings. The molecular weight excluding hydrogens is 274 g/mol. The lowest BCUT2D eigenvalue weighted by Gasteiger charge is -2.00. The molecule has 0 saturated heterocycles. The quantitative estimate of drug-likeness (QED) is 0.359. The van der Waals surface area contributed by atoms with Crippen molar-refractivity contribution in [3.05, 3.63) is 40.5 Å². The zero-order chi connectivity index (χ0) is 14.7. The molecule has 9 nitrogen and oxygen atoms in total. The minimum atomic E-state index is -0.426. The Kier molecular flexibility index (Phi) is 3.46. The first-order chi connectivity index (χ1) is 10.2. The fourth-order valence-corrected chi connectivity index (χ4v) is 2.01. The fraction of sp³-hybridized carbons (Fsp3) is 0.250. The lowest BCUT2D eigenvalue weighted by Crippen LogP contribution is -2.04. The van der Waals surface area contributed by atoms with E-state index in [1.165, 1.54) is 18.5 Å².